The third-order valence-corrected chi connectivity index (χ3v) is 4.68. The second-order valence-electron chi connectivity index (χ2n) is 5.03. The van der Waals surface area contributed by atoms with E-state index >= 15 is 0 Å². The highest BCUT2D eigenvalue weighted by molar-refractivity contribution is 9.10. The maximum atomic E-state index is 6.06. The predicted octanol–water partition coefficient (Wildman–Crippen LogP) is 4.51. The van der Waals surface area contributed by atoms with E-state index < -0.39 is 6.23 Å². The Balaban J connectivity index is 1.86. The Morgan fingerprint density at radius 1 is 1.29 bits per heavy atom. The van der Waals surface area contributed by atoms with Gasteiger partial charge in [0, 0.05) is 15.7 Å². The van der Waals surface area contributed by atoms with Crippen molar-refractivity contribution in [1.82, 2.24) is 15.2 Å². The first-order chi connectivity index (χ1) is 11.7. The minimum Gasteiger partial charge on any atom is -0.463 e. The smallest absolute Gasteiger partial charge is 0.247 e. The monoisotopic (exact) mass is 404 g/mol. The van der Waals surface area contributed by atoms with Crippen molar-refractivity contribution in [2.45, 2.75) is 18.3 Å². The van der Waals surface area contributed by atoms with Gasteiger partial charge in [-0.3, -0.25) is 0 Å². The van der Waals surface area contributed by atoms with Gasteiger partial charge in [0.1, 0.15) is 0 Å². The van der Waals surface area contributed by atoms with Crippen LogP contribution in [0.2, 0.25) is 0 Å². The first-order valence-corrected chi connectivity index (χ1v) is 9.16. The summed E-state index contributed by atoms with van der Waals surface area (Å²) in [6, 6.07) is 9.57. The molecule has 1 aliphatic heterocycles. The molecule has 1 aromatic carbocycles. The average Bonchev–Trinajstić information content (AvgIpc) is 3.06. The second kappa shape index (κ2) is 6.45. The van der Waals surface area contributed by atoms with E-state index in [9.17, 15) is 0 Å². The highest BCUT2D eigenvalue weighted by atomic mass is 79.9. The lowest BCUT2D eigenvalue weighted by molar-refractivity contribution is 0.195. The molecule has 1 aliphatic rings. The van der Waals surface area contributed by atoms with Crippen molar-refractivity contribution >= 4 is 33.4 Å². The van der Waals surface area contributed by atoms with Crippen LogP contribution in [0.15, 0.2) is 50.6 Å². The molecule has 4 rings (SSSR count). The Morgan fingerprint density at radius 3 is 3.00 bits per heavy atom. The summed E-state index contributed by atoms with van der Waals surface area (Å²) in [6.07, 6.45) is 1.13. The van der Waals surface area contributed by atoms with E-state index in [0.29, 0.717) is 22.5 Å². The molecule has 0 radical (unpaired) electrons. The highest BCUT2D eigenvalue weighted by Gasteiger charge is 2.27. The van der Waals surface area contributed by atoms with Crippen LogP contribution in [0.5, 0.6) is 5.88 Å². The van der Waals surface area contributed by atoms with Crippen LogP contribution in [0.3, 0.4) is 0 Å². The molecule has 0 fully saturated rings. The van der Waals surface area contributed by atoms with Gasteiger partial charge in [-0.1, -0.05) is 34.6 Å². The molecule has 3 aromatic rings. The molecule has 122 valence electrons. The van der Waals surface area contributed by atoms with Gasteiger partial charge in [0.25, 0.3) is 0 Å². The molecule has 0 saturated heterocycles. The van der Waals surface area contributed by atoms with Crippen LogP contribution >= 0.6 is 27.7 Å². The number of ether oxygens (including phenoxy) is 1. The van der Waals surface area contributed by atoms with Crippen molar-refractivity contribution in [3.05, 3.63) is 46.8 Å². The van der Waals surface area contributed by atoms with Gasteiger partial charge in [-0.05, 0) is 36.1 Å². The molecule has 0 unspecified atom stereocenters. The number of hydrogen-bond donors (Lipinski definition) is 1. The van der Waals surface area contributed by atoms with Gasteiger partial charge in [-0.25, -0.2) is 0 Å². The minimum atomic E-state index is -0.489. The van der Waals surface area contributed by atoms with Crippen LogP contribution in [-0.2, 0) is 0 Å². The molecule has 0 amide bonds. The quantitative estimate of drug-likeness (QED) is 0.643. The SMILES string of the molecule is CCSc1nnc2c(n1)O[C@H](c1ccco1)Nc1ccc(Br)cc1-2. The van der Waals surface area contributed by atoms with Crippen LogP contribution in [0, 0.1) is 0 Å². The predicted molar refractivity (Wildman–Crippen MR) is 95.1 cm³/mol. The van der Waals surface area contributed by atoms with Gasteiger partial charge < -0.3 is 14.5 Å². The molecule has 6 nitrogen and oxygen atoms in total. The normalized spacial score (nSPS) is 15.7. The summed E-state index contributed by atoms with van der Waals surface area (Å²) in [7, 11) is 0. The Bertz CT molecular complexity index is 873. The second-order valence-corrected chi connectivity index (χ2v) is 7.18. The Morgan fingerprint density at radius 2 is 2.21 bits per heavy atom. The van der Waals surface area contributed by atoms with E-state index in [2.05, 4.69) is 36.4 Å². The zero-order valence-electron chi connectivity index (χ0n) is 12.7. The topological polar surface area (TPSA) is 73.1 Å². The zero-order chi connectivity index (χ0) is 16.5. The third kappa shape index (κ3) is 2.87. The van der Waals surface area contributed by atoms with Crippen LogP contribution in [0.4, 0.5) is 5.69 Å². The largest absolute Gasteiger partial charge is 0.463 e. The number of fused-ring (bicyclic) bond motifs is 3. The van der Waals surface area contributed by atoms with E-state index in [1.54, 1.807) is 6.26 Å². The summed E-state index contributed by atoms with van der Waals surface area (Å²) in [5.41, 5.74) is 2.36. The summed E-state index contributed by atoms with van der Waals surface area (Å²) in [5.74, 6) is 1.97. The molecule has 0 bridgehead atoms. The van der Waals surface area contributed by atoms with Gasteiger partial charge in [0.2, 0.25) is 17.3 Å². The van der Waals surface area contributed by atoms with E-state index in [1.807, 2.05) is 37.3 Å². The number of nitrogens with zero attached hydrogens (tertiary/aromatic N) is 3. The fourth-order valence-electron chi connectivity index (χ4n) is 2.43. The van der Waals surface area contributed by atoms with Crippen molar-refractivity contribution in [1.29, 1.82) is 0 Å². The van der Waals surface area contributed by atoms with Crippen molar-refractivity contribution < 1.29 is 9.15 Å². The molecule has 2 aromatic heterocycles. The molecule has 0 aliphatic carbocycles. The number of anilines is 1. The fraction of sp³-hybridized carbons (Fsp3) is 0.188. The molecule has 1 atom stereocenters. The Hall–Kier alpha value is -2.06. The summed E-state index contributed by atoms with van der Waals surface area (Å²) in [6.45, 7) is 2.04. The van der Waals surface area contributed by atoms with E-state index in [-0.39, 0.29) is 0 Å². The Kier molecular flexibility index (Phi) is 4.15. The lowest BCUT2D eigenvalue weighted by Crippen LogP contribution is -2.16. The van der Waals surface area contributed by atoms with Gasteiger partial charge in [0.05, 0.1) is 6.26 Å². The number of nitrogens with one attached hydrogen (secondary N) is 1. The van der Waals surface area contributed by atoms with Crippen molar-refractivity contribution in [3.8, 4) is 17.1 Å². The number of halogens is 1. The lowest BCUT2D eigenvalue weighted by atomic mass is 10.1. The summed E-state index contributed by atoms with van der Waals surface area (Å²) < 4.78 is 12.5. The molecule has 0 saturated carbocycles. The Labute approximate surface area is 151 Å². The van der Waals surface area contributed by atoms with E-state index in [4.69, 9.17) is 9.15 Å². The van der Waals surface area contributed by atoms with Crippen LogP contribution < -0.4 is 10.1 Å². The molecular weight excluding hydrogens is 392 g/mol. The zero-order valence-corrected chi connectivity index (χ0v) is 15.1. The summed E-state index contributed by atoms with van der Waals surface area (Å²) in [5, 5.41) is 12.5. The third-order valence-electron chi connectivity index (χ3n) is 3.46. The highest BCUT2D eigenvalue weighted by Crippen LogP contribution is 2.40. The standard InChI is InChI=1S/C16H13BrN4O2S/c1-2-24-16-19-15-13(20-21-16)10-8-9(17)5-6-11(10)18-14(23-15)12-4-3-7-22-12/h3-8,14,18H,2H2,1H3/t14-/m1/s1. The lowest BCUT2D eigenvalue weighted by Gasteiger charge is -2.16. The van der Waals surface area contributed by atoms with Gasteiger partial charge in [-0.15, -0.1) is 10.2 Å². The van der Waals surface area contributed by atoms with Crippen molar-refractivity contribution in [3.63, 3.8) is 0 Å². The van der Waals surface area contributed by atoms with Gasteiger partial charge in [-0.2, -0.15) is 4.98 Å². The molecule has 3 heterocycles. The first kappa shape index (κ1) is 15.5. The molecular formula is C16H13BrN4O2S. The maximum absolute atomic E-state index is 6.06. The number of benzene rings is 1. The maximum Gasteiger partial charge on any atom is 0.247 e. The van der Waals surface area contributed by atoms with Crippen molar-refractivity contribution in [2.24, 2.45) is 0 Å². The van der Waals surface area contributed by atoms with Crippen molar-refractivity contribution in [2.75, 3.05) is 11.1 Å². The van der Waals surface area contributed by atoms with E-state index in [1.165, 1.54) is 11.8 Å². The number of furan rings is 1. The molecule has 0 spiro atoms. The summed E-state index contributed by atoms with van der Waals surface area (Å²) >= 11 is 5.02. The fourth-order valence-corrected chi connectivity index (χ4v) is 3.29. The van der Waals surface area contributed by atoms with Gasteiger partial charge in [0.15, 0.2) is 11.5 Å². The number of aromatic nitrogens is 3. The first-order valence-electron chi connectivity index (χ1n) is 7.38. The molecule has 8 heteroatoms. The number of hydrogen-bond acceptors (Lipinski definition) is 7. The van der Waals surface area contributed by atoms with Crippen LogP contribution in [0.1, 0.15) is 18.9 Å². The van der Waals surface area contributed by atoms with Crippen LogP contribution in [0.25, 0.3) is 11.3 Å². The number of rotatable bonds is 3. The van der Waals surface area contributed by atoms with E-state index in [0.717, 1.165) is 21.5 Å². The minimum absolute atomic E-state index is 0.437. The summed E-state index contributed by atoms with van der Waals surface area (Å²) in [4.78, 5) is 4.52. The average molecular weight is 405 g/mol. The van der Waals surface area contributed by atoms with Gasteiger partial charge >= 0.3 is 0 Å². The molecule has 1 N–H and O–H groups in total. The number of thioether (sulfide) groups is 1. The van der Waals surface area contributed by atoms with Crippen LogP contribution in [-0.4, -0.2) is 20.9 Å². The molecule has 24 heavy (non-hydrogen) atoms.